The summed E-state index contributed by atoms with van der Waals surface area (Å²) < 4.78 is 19.2. The van der Waals surface area contributed by atoms with Gasteiger partial charge in [0, 0.05) is 37.3 Å². The fourth-order valence-electron chi connectivity index (χ4n) is 6.21. The fourth-order valence-corrected chi connectivity index (χ4v) is 6.21. The van der Waals surface area contributed by atoms with E-state index in [1.807, 2.05) is 95.5 Å². The number of benzene rings is 2. The Hall–Kier alpha value is -5.18. The molecule has 0 radical (unpaired) electrons. The molecule has 0 bridgehead atoms. The van der Waals surface area contributed by atoms with Gasteiger partial charge >= 0.3 is 42.1 Å². The maximum Gasteiger partial charge on any atom is 2.00 e. The minimum absolute atomic E-state index is 0. The predicted octanol–water partition coefficient (Wildman–Crippen LogP) is 6.28. The van der Waals surface area contributed by atoms with Gasteiger partial charge < -0.3 is 47.0 Å². The van der Waals surface area contributed by atoms with E-state index in [9.17, 15) is 0 Å². The number of fused-ring (bicyclic) bond motifs is 6. The number of aromatic nitrogens is 10. The van der Waals surface area contributed by atoms with Crippen molar-refractivity contribution in [1.29, 1.82) is 0 Å². The summed E-state index contributed by atoms with van der Waals surface area (Å²) >= 11 is 0. The van der Waals surface area contributed by atoms with Crippen LogP contribution in [0.2, 0.25) is 0 Å². The van der Waals surface area contributed by atoms with Gasteiger partial charge in [0.05, 0.1) is 25.2 Å². The van der Waals surface area contributed by atoms with E-state index in [0.717, 1.165) is 77.8 Å². The first-order valence-corrected chi connectivity index (χ1v) is 15.1. The molecule has 12 nitrogen and oxygen atoms in total. The molecule has 0 fully saturated rings. The monoisotopic (exact) mass is 1020 g/mol. The summed E-state index contributed by atoms with van der Waals surface area (Å²) in [6, 6.07) is 12.2. The van der Waals surface area contributed by atoms with E-state index in [4.69, 9.17) is 18.8 Å². The molecule has 8 aromatic heterocycles. The second-order valence-corrected chi connectivity index (χ2v) is 11.7. The summed E-state index contributed by atoms with van der Waals surface area (Å²) in [5.74, 6) is 3.08. The molecule has 0 N–H and O–H groups in total. The van der Waals surface area contributed by atoms with Crippen LogP contribution in [0, 0.1) is 12.4 Å². The molecular weight excluding hydrogens is 995 g/mol. The molecule has 0 aliphatic carbocycles. The molecule has 8 heterocycles. The number of rotatable bonds is 4. The van der Waals surface area contributed by atoms with E-state index >= 15 is 0 Å². The minimum Gasteiger partial charge on any atom is -0.654 e. The molecule has 0 saturated carbocycles. The smallest absolute Gasteiger partial charge is 0.654 e. The topological polar surface area (TPSA) is 126 Å². The molecule has 0 spiro atoms. The van der Waals surface area contributed by atoms with Gasteiger partial charge in [-0.1, -0.05) is 71.0 Å². The molecule has 0 aliphatic heterocycles. The average molecular weight is 1020 g/mol. The molecule has 0 amide bonds. The van der Waals surface area contributed by atoms with Crippen molar-refractivity contribution in [1.82, 2.24) is 48.2 Å². The Labute approximate surface area is 313 Å². The van der Waals surface area contributed by atoms with E-state index < -0.39 is 0 Å². The summed E-state index contributed by atoms with van der Waals surface area (Å²) in [5, 5.41) is 4.09. The van der Waals surface area contributed by atoms with Crippen LogP contribution in [0.5, 0.6) is 0 Å². The van der Waals surface area contributed by atoms with Crippen LogP contribution in [0.4, 0.5) is 0 Å². The van der Waals surface area contributed by atoms with E-state index in [-0.39, 0.29) is 42.1 Å². The van der Waals surface area contributed by atoms with Crippen molar-refractivity contribution in [2.24, 2.45) is 28.2 Å². The number of imidazole rings is 4. The van der Waals surface area contributed by atoms with Crippen molar-refractivity contribution in [3.05, 3.63) is 98.8 Å². The summed E-state index contributed by atoms with van der Waals surface area (Å²) in [6.07, 6.45) is 20.2. The third-order valence-electron chi connectivity index (χ3n) is 8.50. The summed E-state index contributed by atoms with van der Waals surface area (Å²) in [7, 11) is 7.77. The quantitative estimate of drug-likeness (QED) is 0.189. The second kappa shape index (κ2) is 12.9. The molecule has 0 saturated heterocycles. The first-order valence-electron chi connectivity index (χ1n) is 15.1. The zero-order chi connectivity index (χ0) is 32.5. The summed E-state index contributed by atoms with van der Waals surface area (Å²) in [6.45, 7) is 0. The SMILES string of the molecule is Cn1cnc(-c2occ3c2[n-]c2c(-c4n[c-]cn4C)cccc23)c1.Cn1cnc(-c2occ3c2[n-]c2c(-c4n[c-]cn4C)cccc23)c1.[Pt+2].[Pt+2]. The molecule has 2 aromatic carbocycles. The molecule has 0 atom stereocenters. The normalized spacial score (nSPS) is 11.3. The number of aryl methyl sites for hydroxylation is 4. The Morgan fingerprint density at radius 1 is 0.580 bits per heavy atom. The molecule has 0 aliphatic rings. The summed E-state index contributed by atoms with van der Waals surface area (Å²) in [4.78, 5) is 27.1. The Balaban J connectivity index is 0.000000151. The van der Waals surface area contributed by atoms with Gasteiger partial charge in [-0.25, -0.2) is 9.97 Å². The van der Waals surface area contributed by atoms with Crippen molar-refractivity contribution >= 4 is 43.6 Å². The Kier molecular flexibility index (Phi) is 8.62. The zero-order valence-corrected chi connectivity index (χ0v) is 31.5. The van der Waals surface area contributed by atoms with Crippen molar-refractivity contribution in [2.75, 3.05) is 0 Å². The number of hydrogen-bond acceptors (Lipinski definition) is 6. The molecule has 10 aromatic rings. The van der Waals surface area contributed by atoms with Crippen LogP contribution >= 0.6 is 0 Å². The molecule has 50 heavy (non-hydrogen) atoms. The van der Waals surface area contributed by atoms with E-state index in [1.54, 1.807) is 25.2 Å². The molecule has 252 valence electrons. The number of nitrogens with zero attached hydrogens (tertiary/aromatic N) is 10. The van der Waals surface area contributed by atoms with Crippen LogP contribution in [0.1, 0.15) is 0 Å². The van der Waals surface area contributed by atoms with Gasteiger partial charge in [-0.15, -0.1) is 23.4 Å². The van der Waals surface area contributed by atoms with E-state index in [0.29, 0.717) is 11.5 Å². The van der Waals surface area contributed by atoms with Crippen LogP contribution in [0.25, 0.3) is 89.3 Å². The number of para-hydroxylation sites is 2. The van der Waals surface area contributed by atoms with Crippen molar-refractivity contribution < 1.29 is 51.0 Å². The third-order valence-corrected chi connectivity index (χ3v) is 8.50. The van der Waals surface area contributed by atoms with Gasteiger partial charge in [-0.3, -0.25) is 0 Å². The molecular formula is C36H26N10O2Pt2. The van der Waals surface area contributed by atoms with Gasteiger partial charge in [0.15, 0.2) is 0 Å². The second-order valence-electron chi connectivity index (χ2n) is 11.7. The average Bonchev–Trinajstić information content (AvgIpc) is 3.91. The van der Waals surface area contributed by atoms with Crippen LogP contribution in [-0.4, -0.2) is 38.2 Å². The van der Waals surface area contributed by atoms with Crippen LogP contribution in [0.15, 0.2) is 95.2 Å². The van der Waals surface area contributed by atoms with Gasteiger partial charge in [0.2, 0.25) is 0 Å². The van der Waals surface area contributed by atoms with Gasteiger partial charge in [-0.2, -0.15) is 0 Å². The Morgan fingerprint density at radius 2 is 1.02 bits per heavy atom. The van der Waals surface area contributed by atoms with E-state index in [2.05, 4.69) is 44.5 Å². The maximum atomic E-state index is 5.75. The molecule has 10 rings (SSSR count). The van der Waals surface area contributed by atoms with Gasteiger partial charge in [-0.05, 0) is 36.5 Å². The first-order chi connectivity index (χ1) is 23.4. The van der Waals surface area contributed by atoms with Gasteiger partial charge in [0.25, 0.3) is 0 Å². The van der Waals surface area contributed by atoms with Crippen molar-refractivity contribution in [3.63, 3.8) is 0 Å². The van der Waals surface area contributed by atoms with Crippen LogP contribution in [0.3, 0.4) is 0 Å². The molecule has 0 unspecified atom stereocenters. The van der Waals surface area contributed by atoms with E-state index in [1.165, 1.54) is 0 Å². The zero-order valence-electron chi connectivity index (χ0n) is 27.0. The van der Waals surface area contributed by atoms with Gasteiger partial charge in [0.1, 0.15) is 22.9 Å². The van der Waals surface area contributed by atoms with Crippen molar-refractivity contribution in [2.45, 2.75) is 0 Å². The third kappa shape index (κ3) is 5.30. The minimum atomic E-state index is 0. The first kappa shape index (κ1) is 33.3. The summed E-state index contributed by atoms with van der Waals surface area (Å²) in [5.41, 5.74) is 7.02. The van der Waals surface area contributed by atoms with Crippen molar-refractivity contribution in [3.8, 4) is 45.7 Å². The maximum absolute atomic E-state index is 5.75. The standard InChI is InChI=1S/2C18H13N5O.2Pt/c2*1-22-8-14(20-10-22)17-16-13(9-24-17)11-4-3-5-12(15(11)21-16)18-19-6-7-23(18)2;;/h2*3-5,7-10H,1-2H3;;/q2*-2;2*+2. The fraction of sp³-hybridized carbons (Fsp3) is 0.111. The number of furan rings is 2. The predicted molar refractivity (Wildman–Crippen MR) is 181 cm³/mol. The number of hydrogen-bond donors (Lipinski definition) is 0. The van der Waals surface area contributed by atoms with Crippen LogP contribution < -0.4 is 9.97 Å². The Morgan fingerprint density at radius 3 is 1.38 bits per heavy atom. The largest absolute Gasteiger partial charge is 2.00 e. The Bertz CT molecular complexity index is 2570. The van der Waals surface area contributed by atoms with Crippen LogP contribution in [-0.2, 0) is 70.3 Å². The molecule has 14 heteroatoms.